The van der Waals surface area contributed by atoms with Crippen molar-refractivity contribution in [3.63, 3.8) is 0 Å². The predicted molar refractivity (Wildman–Crippen MR) is 75.8 cm³/mol. The summed E-state index contributed by atoms with van der Waals surface area (Å²) >= 11 is 5.83. The van der Waals surface area contributed by atoms with Crippen molar-refractivity contribution in [3.05, 3.63) is 64.2 Å². The summed E-state index contributed by atoms with van der Waals surface area (Å²) in [5.41, 5.74) is 5.56. The van der Waals surface area contributed by atoms with Crippen LogP contribution in [0.1, 0.15) is 16.7 Å². The normalized spacial score (nSPS) is 11.6. The number of alkyl halides is 3. The van der Waals surface area contributed by atoms with Gasteiger partial charge in [-0.05, 0) is 35.4 Å². The third kappa shape index (κ3) is 4.37. The zero-order valence-corrected chi connectivity index (χ0v) is 11.7. The van der Waals surface area contributed by atoms with E-state index in [4.69, 9.17) is 22.1 Å². The molecule has 0 saturated heterocycles. The molecule has 21 heavy (non-hydrogen) atoms. The molecule has 0 radical (unpaired) electrons. The van der Waals surface area contributed by atoms with Crippen LogP contribution in [0.3, 0.4) is 0 Å². The molecule has 0 aliphatic heterocycles. The molecule has 2 nitrogen and oxygen atoms in total. The average molecular weight is 316 g/mol. The van der Waals surface area contributed by atoms with E-state index in [1.54, 1.807) is 24.3 Å². The van der Waals surface area contributed by atoms with Crippen LogP contribution in [0.2, 0.25) is 5.02 Å². The number of ether oxygens (including phenoxy) is 1. The summed E-state index contributed by atoms with van der Waals surface area (Å²) in [6.45, 7) is 0.0316. The standard InChI is InChI=1S/C15H13ClF3NO/c16-12-3-1-2-10(6-12)8-21-9-11-4-5-13(20)7-14(11)15(17,18)19/h1-7H,8-9,20H2. The second-order valence-corrected chi connectivity index (χ2v) is 4.97. The molecule has 112 valence electrons. The highest BCUT2D eigenvalue weighted by atomic mass is 35.5. The van der Waals surface area contributed by atoms with Crippen LogP contribution >= 0.6 is 11.6 Å². The maximum absolute atomic E-state index is 12.9. The van der Waals surface area contributed by atoms with Gasteiger partial charge in [0.25, 0.3) is 0 Å². The molecule has 6 heteroatoms. The number of benzene rings is 2. The molecular weight excluding hydrogens is 303 g/mol. The first-order chi connectivity index (χ1) is 9.86. The highest BCUT2D eigenvalue weighted by molar-refractivity contribution is 6.30. The Kier molecular flexibility index (Phi) is 4.75. The molecule has 0 amide bonds. The molecule has 2 N–H and O–H groups in total. The van der Waals surface area contributed by atoms with Crippen molar-refractivity contribution in [2.45, 2.75) is 19.4 Å². The zero-order chi connectivity index (χ0) is 15.5. The molecule has 2 aromatic rings. The minimum absolute atomic E-state index is 0.0544. The van der Waals surface area contributed by atoms with E-state index in [1.165, 1.54) is 12.1 Å². The summed E-state index contributed by atoms with van der Waals surface area (Å²) in [7, 11) is 0. The van der Waals surface area contributed by atoms with E-state index in [1.807, 2.05) is 0 Å². The van der Waals surface area contributed by atoms with E-state index >= 15 is 0 Å². The van der Waals surface area contributed by atoms with Gasteiger partial charge in [0.05, 0.1) is 18.8 Å². The molecule has 0 aliphatic carbocycles. The van der Waals surface area contributed by atoms with Crippen molar-refractivity contribution >= 4 is 17.3 Å². The average Bonchev–Trinajstić information content (AvgIpc) is 2.39. The Bertz CT molecular complexity index is 629. The molecule has 0 aliphatic rings. The second kappa shape index (κ2) is 6.37. The molecule has 0 aromatic heterocycles. The molecule has 2 aromatic carbocycles. The smallest absolute Gasteiger partial charge is 0.399 e. The van der Waals surface area contributed by atoms with Gasteiger partial charge in [-0.3, -0.25) is 0 Å². The second-order valence-electron chi connectivity index (χ2n) is 4.54. The molecule has 2 rings (SSSR count). The number of hydrogen-bond donors (Lipinski definition) is 1. The summed E-state index contributed by atoms with van der Waals surface area (Å²) in [4.78, 5) is 0. The van der Waals surface area contributed by atoms with Gasteiger partial charge in [0, 0.05) is 10.7 Å². The van der Waals surface area contributed by atoms with Gasteiger partial charge in [-0.25, -0.2) is 0 Å². The van der Waals surface area contributed by atoms with E-state index in [9.17, 15) is 13.2 Å². The zero-order valence-electron chi connectivity index (χ0n) is 11.0. The number of hydrogen-bond acceptors (Lipinski definition) is 2. The minimum Gasteiger partial charge on any atom is -0.399 e. The Morgan fingerprint density at radius 1 is 1.05 bits per heavy atom. The van der Waals surface area contributed by atoms with E-state index in [-0.39, 0.29) is 24.5 Å². The van der Waals surface area contributed by atoms with Crippen molar-refractivity contribution in [3.8, 4) is 0 Å². The molecule has 0 spiro atoms. The van der Waals surface area contributed by atoms with Crippen LogP contribution in [0.15, 0.2) is 42.5 Å². The highest BCUT2D eigenvalue weighted by Crippen LogP contribution is 2.33. The van der Waals surface area contributed by atoms with Crippen molar-refractivity contribution in [1.82, 2.24) is 0 Å². The first-order valence-corrected chi connectivity index (χ1v) is 6.52. The lowest BCUT2D eigenvalue weighted by molar-refractivity contribution is -0.138. The molecule has 0 fully saturated rings. The molecule has 0 heterocycles. The van der Waals surface area contributed by atoms with E-state index in [0.717, 1.165) is 11.6 Å². The summed E-state index contributed by atoms with van der Waals surface area (Å²) < 4.78 is 44.0. The fraction of sp³-hybridized carbons (Fsp3) is 0.200. The maximum Gasteiger partial charge on any atom is 0.416 e. The third-order valence-corrected chi connectivity index (χ3v) is 3.09. The van der Waals surface area contributed by atoms with Gasteiger partial charge in [-0.2, -0.15) is 13.2 Å². The van der Waals surface area contributed by atoms with Gasteiger partial charge < -0.3 is 10.5 Å². The predicted octanol–water partition coefficient (Wildman–Crippen LogP) is 4.66. The van der Waals surface area contributed by atoms with Gasteiger partial charge >= 0.3 is 6.18 Å². The van der Waals surface area contributed by atoms with Crippen LogP contribution in [0.4, 0.5) is 18.9 Å². The largest absolute Gasteiger partial charge is 0.416 e. The number of halogens is 4. The van der Waals surface area contributed by atoms with Gasteiger partial charge in [0.2, 0.25) is 0 Å². The monoisotopic (exact) mass is 315 g/mol. The van der Waals surface area contributed by atoms with Crippen LogP contribution in [0.25, 0.3) is 0 Å². The Hall–Kier alpha value is -1.72. The fourth-order valence-electron chi connectivity index (χ4n) is 1.89. The number of rotatable bonds is 4. The lowest BCUT2D eigenvalue weighted by atomic mass is 10.1. The van der Waals surface area contributed by atoms with Gasteiger partial charge in [-0.15, -0.1) is 0 Å². The van der Waals surface area contributed by atoms with Crippen LogP contribution in [0, 0.1) is 0 Å². The Morgan fingerprint density at radius 2 is 1.81 bits per heavy atom. The van der Waals surface area contributed by atoms with Crippen molar-refractivity contribution in [2.24, 2.45) is 0 Å². The summed E-state index contributed by atoms with van der Waals surface area (Å²) in [6.07, 6.45) is -4.45. The Labute approximate surface area is 125 Å². The van der Waals surface area contributed by atoms with Crippen LogP contribution in [0.5, 0.6) is 0 Å². The molecule has 0 saturated carbocycles. The first-order valence-electron chi connectivity index (χ1n) is 6.14. The van der Waals surface area contributed by atoms with E-state index in [2.05, 4.69) is 0 Å². The summed E-state index contributed by atoms with van der Waals surface area (Å²) in [6, 6.07) is 10.6. The lowest BCUT2D eigenvalue weighted by Crippen LogP contribution is -2.11. The van der Waals surface area contributed by atoms with Gasteiger partial charge in [0.1, 0.15) is 0 Å². The topological polar surface area (TPSA) is 35.2 Å². The molecule has 0 bridgehead atoms. The van der Waals surface area contributed by atoms with Crippen molar-refractivity contribution in [2.75, 3.05) is 5.73 Å². The van der Waals surface area contributed by atoms with Crippen molar-refractivity contribution in [1.29, 1.82) is 0 Å². The quantitative estimate of drug-likeness (QED) is 0.833. The third-order valence-electron chi connectivity index (χ3n) is 2.85. The van der Waals surface area contributed by atoms with Crippen LogP contribution in [-0.4, -0.2) is 0 Å². The van der Waals surface area contributed by atoms with Crippen LogP contribution in [-0.2, 0) is 24.1 Å². The molecular formula is C15H13ClF3NO. The van der Waals surface area contributed by atoms with Gasteiger partial charge in [-0.1, -0.05) is 29.8 Å². The Morgan fingerprint density at radius 3 is 2.48 bits per heavy atom. The van der Waals surface area contributed by atoms with E-state index in [0.29, 0.717) is 5.02 Å². The summed E-state index contributed by atoms with van der Waals surface area (Å²) in [5.74, 6) is 0. The first kappa shape index (κ1) is 15.7. The van der Waals surface area contributed by atoms with Crippen LogP contribution < -0.4 is 5.73 Å². The SMILES string of the molecule is Nc1ccc(COCc2cccc(Cl)c2)c(C(F)(F)F)c1. The molecule has 0 unspecified atom stereocenters. The summed E-state index contributed by atoms with van der Waals surface area (Å²) in [5, 5.41) is 0.555. The number of nitrogens with two attached hydrogens (primary N) is 1. The van der Waals surface area contributed by atoms with Crippen molar-refractivity contribution < 1.29 is 17.9 Å². The van der Waals surface area contributed by atoms with Gasteiger partial charge in [0.15, 0.2) is 0 Å². The lowest BCUT2D eigenvalue weighted by Gasteiger charge is -2.14. The Balaban J connectivity index is 2.07. The maximum atomic E-state index is 12.9. The number of anilines is 1. The number of nitrogen functional groups attached to an aromatic ring is 1. The van der Waals surface area contributed by atoms with E-state index < -0.39 is 11.7 Å². The highest BCUT2D eigenvalue weighted by Gasteiger charge is 2.33. The minimum atomic E-state index is -4.45. The fourth-order valence-corrected chi connectivity index (χ4v) is 2.10. The molecule has 0 atom stereocenters.